The van der Waals surface area contributed by atoms with Crippen LogP contribution < -0.4 is 4.72 Å². The SMILES string of the molecule is O=C(C1CCC(NS(=O)(=O)c2ccc(F)cc2F)CC1)N1CCN(C2CCCC2)CC1. The van der Waals surface area contributed by atoms with Crippen LogP contribution >= 0.6 is 0 Å². The quantitative estimate of drug-likeness (QED) is 0.741. The van der Waals surface area contributed by atoms with E-state index in [1.807, 2.05) is 4.90 Å². The van der Waals surface area contributed by atoms with Gasteiger partial charge in [0.25, 0.3) is 0 Å². The van der Waals surface area contributed by atoms with Gasteiger partial charge in [0, 0.05) is 50.2 Å². The summed E-state index contributed by atoms with van der Waals surface area (Å²) >= 11 is 0. The van der Waals surface area contributed by atoms with Crippen LogP contribution in [0.5, 0.6) is 0 Å². The third kappa shape index (κ3) is 5.26. The molecule has 1 aromatic rings. The standard InChI is InChI=1S/C22H31F2N3O3S/c23-17-7-10-21(20(24)15-17)31(29,30)25-18-8-5-16(6-9-18)22(28)27-13-11-26(12-14-27)19-3-1-2-4-19/h7,10,15-16,18-19,25H,1-6,8-9,11-14H2. The van der Waals surface area contributed by atoms with E-state index >= 15 is 0 Å². The Hall–Kier alpha value is -1.58. The van der Waals surface area contributed by atoms with Gasteiger partial charge in [0.1, 0.15) is 16.5 Å². The van der Waals surface area contributed by atoms with Gasteiger partial charge in [0.05, 0.1) is 0 Å². The number of hydrogen-bond donors (Lipinski definition) is 1. The third-order valence-corrected chi connectivity index (χ3v) is 8.60. The molecule has 1 saturated heterocycles. The van der Waals surface area contributed by atoms with Crippen molar-refractivity contribution >= 4 is 15.9 Å². The van der Waals surface area contributed by atoms with Crippen LogP contribution in [0.1, 0.15) is 51.4 Å². The summed E-state index contributed by atoms with van der Waals surface area (Å²) in [6, 6.07) is 2.77. The minimum Gasteiger partial charge on any atom is -0.340 e. The summed E-state index contributed by atoms with van der Waals surface area (Å²) < 4.78 is 54.4. The van der Waals surface area contributed by atoms with E-state index in [4.69, 9.17) is 0 Å². The zero-order chi connectivity index (χ0) is 22.0. The molecule has 3 aliphatic rings. The van der Waals surface area contributed by atoms with E-state index in [0.717, 1.165) is 38.3 Å². The lowest BCUT2D eigenvalue weighted by molar-refractivity contribution is -0.138. The number of hydrogen-bond acceptors (Lipinski definition) is 4. The normalized spacial score (nSPS) is 26.3. The van der Waals surface area contributed by atoms with Crippen LogP contribution in [0.25, 0.3) is 0 Å². The second-order valence-electron chi connectivity index (χ2n) is 9.04. The summed E-state index contributed by atoms with van der Waals surface area (Å²) in [5, 5.41) is 0. The number of sulfonamides is 1. The molecule has 2 saturated carbocycles. The lowest BCUT2D eigenvalue weighted by atomic mass is 9.85. The van der Waals surface area contributed by atoms with Crippen LogP contribution in [-0.2, 0) is 14.8 Å². The molecule has 0 aromatic heterocycles. The maximum atomic E-state index is 13.9. The van der Waals surface area contributed by atoms with Crippen LogP contribution in [-0.4, -0.2) is 62.4 Å². The molecule has 0 unspecified atom stereocenters. The molecule has 6 nitrogen and oxygen atoms in total. The highest BCUT2D eigenvalue weighted by Crippen LogP contribution is 2.29. The molecule has 1 N–H and O–H groups in total. The fourth-order valence-electron chi connectivity index (χ4n) is 5.27. The molecule has 1 amide bonds. The molecule has 2 aliphatic carbocycles. The van der Waals surface area contributed by atoms with Gasteiger partial charge >= 0.3 is 0 Å². The number of piperazine rings is 1. The lowest BCUT2D eigenvalue weighted by Crippen LogP contribution is -2.53. The average molecular weight is 456 g/mol. The largest absolute Gasteiger partial charge is 0.340 e. The number of amides is 1. The monoisotopic (exact) mass is 455 g/mol. The summed E-state index contributed by atoms with van der Waals surface area (Å²) in [6.07, 6.45) is 7.45. The van der Waals surface area contributed by atoms with Crippen molar-refractivity contribution < 1.29 is 22.0 Å². The molecule has 3 fully saturated rings. The van der Waals surface area contributed by atoms with Crippen molar-refractivity contribution in [3.8, 4) is 0 Å². The summed E-state index contributed by atoms with van der Waals surface area (Å²) in [5.74, 6) is -1.83. The van der Waals surface area contributed by atoms with Crippen molar-refractivity contribution in [3.63, 3.8) is 0 Å². The van der Waals surface area contributed by atoms with Gasteiger partial charge in [-0.05, 0) is 50.7 Å². The van der Waals surface area contributed by atoms with Gasteiger partial charge in [-0.15, -0.1) is 0 Å². The Morgan fingerprint density at radius 2 is 1.58 bits per heavy atom. The maximum Gasteiger partial charge on any atom is 0.243 e. The number of carbonyl (C=O) groups excluding carboxylic acids is 1. The number of halogens is 2. The van der Waals surface area contributed by atoms with Gasteiger partial charge < -0.3 is 4.90 Å². The molecule has 0 bridgehead atoms. The number of nitrogens with zero attached hydrogens (tertiary/aromatic N) is 2. The smallest absolute Gasteiger partial charge is 0.243 e. The second-order valence-corrected chi connectivity index (χ2v) is 10.7. The molecule has 1 heterocycles. The van der Waals surface area contributed by atoms with Crippen LogP contribution in [0.3, 0.4) is 0 Å². The van der Waals surface area contributed by atoms with Crippen LogP contribution in [0.15, 0.2) is 23.1 Å². The molecule has 172 valence electrons. The molecule has 1 aliphatic heterocycles. The van der Waals surface area contributed by atoms with Crippen molar-refractivity contribution in [2.75, 3.05) is 26.2 Å². The Morgan fingerprint density at radius 1 is 0.935 bits per heavy atom. The molecule has 0 spiro atoms. The Bertz CT molecular complexity index is 889. The lowest BCUT2D eigenvalue weighted by Gasteiger charge is -2.40. The summed E-state index contributed by atoms with van der Waals surface area (Å²) in [5.41, 5.74) is 0. The molecule has 0 atom stereocenters. The van der Waals surface area contributed by atoms with Crippen LogP contribution in [0.2, 0.25) is 0 Å². The maximum absolute atomic E-state index is 13.9. The first-order valence-corrected chi connectivity index (χ1v) is 12.8. The minimum absolute atomic E-state index is 0.0821. The average Bonchev–Trinajstić information content (AvgIpc) is 3.28. The molecule has 0 radical (unpaired) electrons. The third-order valence-electron chi connectivity index (χ3n) is 7.05. The van der Waals surface area contributed by atoms with E-state index < -0.39 is 26.6 Å². The topological polar surface area (TPSA) is 69.7 Å². The fourth-order valence-corrected chi connectivity index (χ4v) is 6.63. The van der Waals surface area contributed by atoms with Gasteiger partial charge in [0.15, 0.2) is 0 Å². The Balaban J connectivity index is 1.26. The highest BCUT2D eigenvalue weighted by Gasteiger charge is 2.34. The first kappa shape index (κ1) is 22.6. The highest BCUT2D eigenvalue weighted by molar-refractivity contribution is 7.89. The zero-order valence-electron chi connectivity index (χ0n) is 17.7. The summed E-state index contributed by atoms with van der Waals surface area (Å²) in [4.78, 5) is 16.9. The predicted octanol–water partition coefficient (Wildman–Crippen LogP) is 2.89. The molecule has 31 heavy (non-hydrogen) atoms. The molecular weight excluding hydrogens is 424 g/mol. The molecule has 9 heteroatoms. The summed E-state index contributed by atoms with van der Waals surface area (Å²) in [7, 11) is -4.07. The number of benzene rings is 1. The van der Waals surface area contributed by atoms with Crippen LogP contribution in [0.4, 0.5) is 8.78 Å². The van der Waals surface area contributed by atoms with E-state index in [9.17, 15) is 22.0 Å². The second kappa shape index (κ2) is 9.50. The van der Waals surface area contributed by atoms with Crippen molar-refractivity contribution in [2.45, 2.75) is 68.3 Å². The number of rotatable bonds is 5. The van der Waals surface area contributed by atoms with Gasteiger partial charge in [0.2, 0.25) is 15.9 Å². The Morgan fingerprint density at radius 3 is 2.19 bits per heavy atom. The van der Waals surface area contributed by atoms with Crippen molar-refractivity contribution in [1.82, 2.24) is 14.5 Å². The van der Waals surface area contributed by atoms with E-state index in [1.54, 1.807) is 0 Å². The van der Waals surface area contributed by atoms with E-state index in [-0.39, 0.29) is 17.9 Å². The minimum atomic E-state index is -4.07. The Labute approximate surface area is 183 Å². The number of carbonyl (C=O) groups is 1. The van der Waals surface area contributed by atoms with E-state index in [2.05, 4.69) is 9.62 Å². The van der Waals surface area contributed by atoms with E-state index in [1.165, 1.54) is 25.7 Å². The molecular formula is C22H31F2N3O3S. The van der Waals surface area contributed by atoms with Crippen molar-refractivity contribution in [1.29, 1.82) is 0 Å². The first-order chi connectivity index (χ1) is 14.8. The predicted molar refractivity (Wildman–Crippen MR) is 113 cm³/mol. The van der Waals surface area contributed by atoms with Gasteiger partial charge in [-0.1, -0.05) is 12.8 Å². The van der Waals surface area contributed by atoms with Crippen molar-refractivity contribution in [2.24, 2.45) is 5.92 Å². The van der Waals surface area contributed by atoms with Crippen molar-refractivity contribution in [3.05, 3.63) is 29.8 Å². The first-order valence-electron chi connectivity index (χ1n) is 11.3. The van der Waals surface area contributed by atoms with E-state index in [0.29, 0.717) is 37.8 Å². The van der Waals surface area contributed by atoms with Gasteiger partial charge in [-0.25, -0.2) is 21.9 Å². The van der Waals surface area contributed by atoms with Crippen LogP contribution in [0, 0.1) is 17.6 Å². The fraction of sp³-hybridized carbons (Fsp3) is 0.682. The highest BCUT2D eigenvalue weighted by atomic mass is 32.2. The molecule has 4 rings (SSSR count). The Kier molecular flexibility index (Phi) is 6.93. The zero-order valence-corrected chi connectivity index (χ0v) is 18.5. The van der Waals surface area contributed by atoms with Gasteiger partial charge in [-0.2, -0.15) is 0 Å². The molecule has 1 aromatic carbocycles. The number of nitrogens with one attached hydrogen (secondary N) is 1. The summed E-state index contributed by atoms with van der Waals surface area (Å²) in [6.45, 7) is 3.42. The van der Waals surface area contributed by atoms with Gasteiger partial charge in [-0.3, -0.25) is 9.69 Å².